The Kier molecular flexibility index (Phi) is 9.60. The van der Waals surface area contributed by atoms with E-state index in [1.807, 2.05) is 19.1 Å². The zero-order valence-electron chi connectivity index (χ0n) is 20.0. The Morgan fingerprint density at radius 3 is 2.47 bits per heavy atom. The van der Waals surface area contributed by atoms with Gasteiger partial charge in [0.15, 0.2) is 5.96 Å². The molecule has 0 atom stereocenters. The van der Waals surface area contributed by atoms with E-state index >= 15 is 0 Å². The minimum absolute atomic E-state index is 0.152. The van der Waals surface area contributed by atoms with Crippen LogP contribution in [0.25, 0.3) is 0 Å². The number of halogens is 1. The summed E-state index contributed by atoms with van der Waals surface area (Å²) in [5.74, 6) is 0.597. The third-order valence-corrected chi connectivity index (χ3v) is 7.12. The van der Waals surface area contributed by atoms with Crippen molar-refractivity contribution < 1.29 is 9.50 Å². The average molecular weight is 448 g/mol. The van der Waals surface area contributed by atoms with E-state index in [1.165, 1.54) is 19.3 Å². The van der Waals surface area contributed by atoms with E-state index in [4.69, 9.17) is 4.99 Å². The summed E-state index contributed by atoms with van der Waals surface area (Å²) in [5, 5.41) is 16.4. The molecule has 2 fully saturated rings. The van der Waals surface area contributed by atoms with E-state index in [9.17, 15) is 9.50 Å². The molecule has 3 N–H and O–H groups in total. The first kappa shape index (κ1) is 24.8. The normalized spacial score (nSPS) is 19.8. The molecule has 0 spiro atoms. The van der Waals surface area contributed by atoms with Crippen molar-refractivity contribution in [3.8, 4) is 0 Å². The van der Waals surface area contributed by atoms with Gasteiger partial charge >= 0.3 is 0 Å². The van der Waals surface area contributed by atoms with Gasteiger partial charge in [0.25, 0.3) is 0 Å². The Labute approximate surface area is 193 Å². The quantitative estimate of drug-likeness (QED) is 0.400. The first-order valence-electron chi connectivity index (χ1n) is 12.5. The number of anilines is 1. The second-order valence-electron chi connectivity index (χ2n) is 9.29. The molecule has 1 aliphatic heterocycles. The van der Waals surface area contributed by atoms with Crippen LogP contribution >= 0.6 is 0 Å². The highest BCUT2D eigenvalue weighted by Crippen LogP contribution is 2.38. The molecule has 32 heavy (non-hydrogen) atoms. The van der Waals surface area contributed by atoms with Crippen molar-refractivity contribution in [2.45, 2.75) is 58.9 Å². The highest BCUT2D eigenvalue weighted by molar-refractivity contribution is 5.79. The maximum atomic E-state index is 14.9. The number of rotatable bonds is 9. The monoisotopic (exact) mass is 447 g/mol. The first-order chi connectivity index (χ1) is 15.6. The molecule has 1 saturated heterocycles. The molecule has 6 nitrogen and oxygen atoms in total. The topological polar surface area (TPSA) is 63.1 Å². The molecular formula is C25H42FN5O. The van der Waals surface area contributed by atoms with Crippen LogP contribution in [-0.4, -0.2) is 68.4 Å². The van der Waals surface area contributed by atoms with Gasteiger partial charge in [0.05, 0.1) is 12.2 Å². The summed E-state index contributed by atoms with van der Waals surface area (Å²) in [4.78, 5) is 9.25. The molecule has 7 heteroatoms. The van der Waals surface area contributed by atoms with Crippen LogP contribution in [0.2, 0.25) is 0 Å². The number of likely N-dealkylation sites (N-methyl/N-ethyl adjacent to an activating group) is 1. The molecule has 0 radical (unpaired) electrons. The fourth-order valence-corrected chi connectivity index (χ4v) is 5.05. The molecule has 0 amide bonds. The number of nitrogens with zero attached hydrogens (tertiary/aromatic N) is 3. The first-order valence-corrected chi connectivity index (χ1v) is 12.5. The minimum Gasteiger partial charge on any atom is -0.396 e. The van der Waals surface area contributed by atoms with E-state index in [-0.39, 0.29) is 17.8 Å². The van der Waals surface area contributed by atoms with E-state index in [0.717, 1.165) is 76.6 Å². The second-order valence-corrected chi connectivity index (χ2v) is 9.29. The molecule has 2 aliphatic rings. The van der Waals surface area contributed by atoms with E-state index in [2.05, 4.69) is 27.4 Å². The fraction of sp³-hybridized carbons (Fsp3) is 0.720. The van der Waals surface area contributed by atoms with Gasteiger partial charge in [0.2, 0.25) is 0 Å². The number of piperazine rings is 1. The van der Waals surface area contributed by atoms with Crippen LogP contribution in [0.5, 0.6) is 0 Å². The predicted octanol–water partition coefficient (Wildman–Crippen LogP) is 3.36. The van der Waals surface area contributed by atoms with Crippen LogP contribution in [0, 0.1) is 11.2 Å². The number of hydrogen-bond acceptors (Lipinski definition) is 4. The van der Waals surface area contributed by atoms with Crippen molar-refractivity contribution in [3.05, 3.63) is 29.6 Å². The molecule has 180 valence electrons. The lowest BCUT2D eigenvalue weighted by molar-refractivity contribution is 0.131. The van der Waals surface area contributed by atoms with Crippen LogP contribution in [0.15, 0.2) is 23.2 Å². The smallest absolute Gasteiger partial charge is 0.191 e. The number of guanidine groups is 1. The molecule has 0 unspecified atom stereocenters. The van der Waals surface area contributed by atoms with E-state index in [1.54, 1.807) is 6.07 Å². The molecule has 1 aliphatic carbocycles. The second kappa shape index (κ2) is 12.4. The van der Waals surface area contributed by atoms with Gasteiger partial charge in [-0.15, -0.1) is 0 Å². The SMILES string of the molecule is CCNC(=NCc1ccc(N2CCN(CC)CC2)c(F)c1)NCC1(CCO)CCCCC1. The van der Waals surface area contributed by atoms with Crippen LogP contribution < -0.4 is 15.5 Å². The van der Waals surface area contributed by atoms with Crippen molar-refractivity contribution in [3.63, 3.8) is 0 Å². The zero-order valence-corrected chi connectivity index (χ0v) is 20.0. The van der Waals surface area contributed by atoms with Gasteiger partial charge in [0, 0.05) is 45.9 Å². The lowest BCUT2D eigenvalue weighted by atomic mass is 9.72. The molecule has 0 bridgehead atoms. The summed E-state index contributed by atoms with van der Waals surface area (Å²) in [6, 6.07) is 5.52. The average Bonchev–Trinajstić information content (AvgIpc) is 2.82. The van der Waals surface area contributed by atoms with Crippen molar-refractivity contribution in [1.82, 2.24) is 15.5 Å². The maximum Gasteiger partial charge on any atom is 0.191 e. The number of aliphatic hydroxyl groups is 1. The van der Waals surface area contributed by atoms with Gasteiger partial charge in [-0.1, -0.05) is 32.3 Å². The van der Waals surface area contributed by atoms with Crippen molar-refractivity contribution in [2.24, 2.45) is 10.4 Å². The Balaban J connectivity index is 1.60. The van der Waals surface area contributed by atoms with Gasteiger partial charge in [0.1, 0.15) is 5.82 Å². The Morgan fingerprint density at radius 2 is 1.84 bits per heavy atom. The largest absolute Gasteiger partial charge is 0.396 e. The number of aliphatic imine (C=N–C) groups is 1. The number of aliphatic hydroxyl groups excluding tert-OH is 1. The molecule has 1 aromatic rings. The van der Waals surface area contributed by atoms with Gasteiger partial charge in [-0.25, -0.2) is 9.38 Å². The van der Waals surface area contributed by atoms with Crippen LogP contribution in [0.4, 0.5) is 10.1 Å². The summed E-state index contributed by atoms with van der Waals surface area (Å²) >= 11 is 0. The zero-order chi connectivity index (χ0) is 22.8. The number of benzene rings is 1. The van der Waals surface area contributed by atoms with Crippen LogP contribution in [0.3, 0.4) is 0 Å². The summed E-state index contributed by atoms with van der Waals surface area (Å²) in [7, 11) is 0. The standard InChI is InChI=1S/C25H42FN5O/c1-3-27-24(29-20-25(12-17-32)10-6-5-7-11-25)28-19-21-8-9-23(22(26)18-21)31-15-13-30(4-2)14-16-31/h8-9,18,32H,3-7,10-17,19-20H2,1-2H3,(H2,27,28,29). The Morgan fingerprint density at radius 1 is 1.09 bits per heavy atom. The minimum atomic E-state index is -0.162. The lowest BCUT2D eigenvalue weighted by Gasteiger charge is -2.37. The van der Waals surface area contributed by atoms with Crippen molar-refractivity contribution >= 4 is 11.6 Å². The van der Waals surface area contributed by atoms with Gasteiger partial charge in [-0.2, -0.15) is 0 Å². The summed E-state index contributed by atoms with van der Waals surface area (Å²) in [6.45, 7) is 11.2. The summed E-state index contributed by atoms with van der Waals surface area (Å²) in [5.41, 5.74) is 1.72. The summed E-state index contributed by atoms with van der Waals surface area (Å²) in [6.07, 6.45) is 6.89. The molecule has 1 saturated carbocycles. The van der Waals surface area contributed by atoms with Crippen molar-refractivity contribution in [1.29, 1.82) is 0 Å². The number of nitrogens with one attached hydrogen (secondary N) is 2. The Bertz CT molecular complexity index is 722. The fourth-order valence-electron chi connectivity index (χ4n) is 5.05. The van der Waals surface area contributed by atoms with E-state index < -0.39 is 0 Å². The van der Waals surface area contributed by atoms with Gasteiger partial charge in [-0.05, 0) is 55.8 Å². The molecule has 1 aromatic carbocycles. The van der Waals surface area contributed by atoms with Crippen LogP contribution in [0.1, 0.15) is 57.9 Å². The molecule has 0 aromatic heterocycles. The third kappa shape index (κ3) is 6.82. The highest BCUT2D eigenvalue weighted by Gasteiger charge is 2.31. The van der Waals surface area contributed by atoms with E-state index in [0.29, 0.717) is 12.2 Å². The summed E-state index contributed by atoms with van der Waals surface area (Å²) < 4.78 is 14.9. The predicted molar refractivity (Wildman–Crippen MR) is 131 cm³/mol. The van der Waals surface area contributed by atoms with Gasteiger partial charge in [-0.3, -0.25) is 0 Å². The molecule has 1 heterocycles. The molecule has 3 rings (SSSR count). The lowest BCUT2D eigenvalue weighted by Crippen LogP contribution is -2.46. The van der Waals surface area contributed by atoms with Gasteiger partial charge < -0.3 is 25.5 Å². The maximum absolute atomic E-state index is 14.9. The molecular weight excluding hydrogens is 405 g/mol. The Hall–Kier alpha value is -1.86. The third-order valence-electron chi connectivity index (χ3n) is 7.12. The number of hydrogen-bond donors (Lipinski definition) is 3. The van der Waals surface area contributed by atoms with Crippen molar-refractivity contribution in [2.75, 3.05) is 57.3 Å². The van der Waals surface area contributed by atoms with Crippen LogP contribution in [-0.2, 0) is 6.54 Å². The highest BCUT2D eigenvalue weighted by atomic mass is 19.1.